The maximum atomic E-state index is 12.0. The van der Waals surface area contributed by atoms with Gasteiger partial charge in [-0.15, -0.1) is 0 Å². The van der Waals surface area contributed by atoms with E-state index in [0.717, 1.165) is 17.0 Å². The van der Waals surface area contributed by atoms with E-state index in [-0.39, 0.29) is 11.8 Å². The standard InChI is InChI=1S/C14H19N5O/c1-8(14-9(2)18-19-10(14)3)5-13(20)17-12-6-15-11(4)16-7-12/h6-8H,5H2,1-4H3,(H,17,20)(H,18,19). The van der Waals surface area contributed by atoms with Crippen LogP contribution in [0.2, 0.25) is 0 Å². The van der Waals surface area contributed by atoms with Gasteiger partial charge in [-0.3, -0.25) is 9.89 Å². The highest BCUT2D eigenvalue weighted by molar-refractivity contribution is 5.90. The van der Waals surface area contributed by atoms with Gasteiger partial charge in [0.15, 0.2) is 0 Å². The molecule has 2 aromatic rings. The Balaban J connectivity index is 1.99. The number of aryl methyl sites for hydroxylation is 3. The molecule has 2 N–H and O–H groups in total. The van der Waals surface area contributed by atoms with Crippen molar-refractivity contribution in [3.05, 3.63) is 35.2 Å². The zero-order valence-electron chi connectivity index (χ0n) is 12.2. The van der Waals surface area contributed by atoms with E-state index < -0.39 is 0 Å². The van der Waals surface area contributed by atoms with Gasteiger partial charge in [0.25, 0.3) is 0 Å². The van der Waals surface area contributed by atoms with Crippen LogP contribution in [-0.2, 0) is 4.79 Å². The van der Waals surface area contributed by atoms with Crippen molar-refractivity contribution in [3.8, 4) is 0 Å². The van der Waals surface area contributed by atoms with E-state index >= 15 is 0 Å². The summed E-state index contributed by atoms with van der Waals surface area (Å²) in [5.41, 5.74) is 3.69. The smallest absolute Gasteiger partial charge is 0.225 e. The van der Waals surface area contributed by atoms with E-state index in [9.17, 15) is 4.79 Å². The van der Waals surface area contributed by atoms with E-state index in [1.54, 1.807) is 19.3 Å². The summed E-state index contributed by atoms with van der Waals surface area (Å²) in [6.45, 7) is 7.74. The lowest BCUT2D eigenvalue weighted by Crippen LogP contribution is -2.15. The van der Waals surface area contributed by atoms with Crippen molar-refractivity contribution in [1.82, 2.24) is 20.2 Å². The summed E-state index contributed by atoms with van der Waals surface area (Å²) in [6, 6.07) is 0. The minimum atomic E-state index is -0.0510. The number of rotatable bonds is 4. The summed E-state index contributed by atoms with van der Waals surface area (Å²) >= 11 is 0. The molecular formula is C14H19N5O. The Hall–Kier alpha value is -2.24. The number of anilines is 1. The number of nitrogens with one attached hydrogen (secondary N) is 2. The molecule has 106 valence electrons. The number of aromatic nitrogens is 4. The number of carbonyl (C=O) groups excluding carboxylic acids is 1. The SMILES string of the molecule is Cc1ncc(NC(=O)CC(C)c2c(C)n[nH]c2C)cn1. The Bertz CT molecular complexity index is 583. The van der Waals surface area contributed by atoms with Crippen molar-refractivity contribution in [1.29, 1.82) is 0 Å². The molecule has 1 atom stereocenters. The fourth-order valence-electron chi connectivity index (χ4n) is 2.34. The zero-order chi connectivity index (χ0) is 14.7. The third kappa shape index (κ3) is 3.20. The van der Waals surface area contributed by atoms with E-state index in [4.69, 9.17) is 0 Å². The lowest BCUT2D eigenvalue weighted by atomic mass is 9.95. The van der Waals surface area contributed by atoms with Crippen molar-refractivity contribution in [2.45, 2.75) is 40.0 Å². The first kappa shape index (κ1) is 14.2. The molecular weight excluding hydrogens is 254 g/mol. The van der Waals surface area contributed by atoms with Crippen LogP contribution in [0.1, 0.15) is 42.0 Å². The monoisotopic (exact) mass is 273 g/mol. The van der Waals surface area contributed by atoms with Gasteiger partial charge in [0.2, 0.25) is 5.91 Å². The molecule has 1 amide bonds. The molecule has 0 radical (unpaired) electrons. The first-order chi connectivity index (χ1) is 9.47. The molecule has 0 saturated heterocycles. The van der Waals surface area contributed by atoms with Gasteiger partial charge in [0, 0.05) is 12.1 Å². The number of aromatic amines is 1. The van der Waals surface area contributed by atoms with Gasteiger partial charge in [-0.1, -0.05) is 6.92 Å². The molecule has 2 heterocycles. The van der Waals surface area contributed by atoms with Crippen molar-refractivity contribution in [2.24, 2.45) is 0 Å². The summed E-state index contributed by atoms with van der Waals surface area (Å²) < 4.78 is 0. The normalized spacial score (nSPS) is 12.2. The Labute approximate surface area is 118 Å². The number of carbonyl (C=O) groups is 1. The average Bonchev–Trinajstić information content (AvgIpc) is 2.72. The number of nitrogens with zero attached hydrogens (tertiary/aromatic N) is 3. The van der Waals surface area contributed by atoms with Crippen molar-refractivity contribution in [2.75, 3.05) is 5.32 Å². The molecule has 0 saturated carbocycles. The second-order valence-corrected chi connectivity index (χ2v) is 5.02. The number of hydrogen-bond acceptors (Lipinski definition) is 4. The van der Waals surface area contributed by atoms with Crippen molar-refractivity contribution < 1.29 is 4.79 Å². The highest BCUT2D eigenvalue weighted by Gasteiger charge is 2.17. The van der Waals surface area contributed by atoms with Gasteiger partial charge in [0.05, 0.1) is 23.8 Å². The molecule has 0 spiro atoms. The Morgan fingerprint density at radius 2 is 1.95 bits per heavy atom. The van der Waals surface area contributed by atoms with E-state index in [2.05, 4.69) is 25.5 Å². The highest BCUT2D eigenvalue weighted by atomic mass is 16.1. The van der Waals surface area contributed by atoms with E-state index in [1.165, 1.54) is 0 Å². The summed E-state index contributed by atoms with van der Waals surface area (Å²) in [5, 5.41) is 9.91. The second kappa shape index (κ2) is 5.81. The highest BCUT2D eigenvalue weighted by Crippen LogP contribution is 2.24. The zero-order valence-corrected chi connectivity index (χ0v) is 12.2. The summed E-state index contributed by atoms with van der Waals surface area (Å²) in [7, 11) is 0. The predicted octanol–water partition coefficient (Wildman–Crippen LogP) is 2.26. The van der Waals surface area contributed by atoms with Gasteiger partial charge in [-0.25, -0.2) is 9.97 Å². The van der Waals surface area contributed by atoms with Gasteiger partial charge >= 0.3 is 0 Å². The Kier molecular flexibility index (Phi) is 4.12. The van der Waals surface area contributed by atoms with Crippen LogP contribution >= 0.6 is 0 Å². The maximum Gasteiger partial charge on any atom is 0.225 e. The summed E-state index contributed by atoms with van der Waals surface area (Å²) in [6.07, 6.45) is 3.62. The Morgan fingerprint density at radius 1 is 1.30 bits per heavy atom. The molecule has 2 aromatic heterocycles. The average molecular weight is 273 g/mol. The fraction of sp³-hybridized carbons (Fsp3) is 0.429. The van der Waals surface area contributed by atoms with Crippen molar-refractivity contribution >= 4 is 11.6 Å². The van der Waals surface area contributed by atoms with Crippen LogP contribution in [0.5, 0.6) is 0 Å². The topological polar surface area (TPSA) is 83.6 Å². The number of hydrogen-bond donors (Lipinski definition) is 2. The fourth-order valence-corrected chi connectivity index (χ4v) is 2.34. The molecule has 0 aliphatic heterocycles. The van der Waals surface area contributed by atoms with Crippen LogP contribution in [0.3, 0.4) is 0 Å². The minimum absolute atomic E-state index is 0.0510. The molecule has 0 aromatic carbocycles. The molecule has 6 nitrogen and oxygen atoms in total. The van der Waals surface area contributed by atoms with Crippen LogP contribution in [0, 0.1) is 20.8 Å². The summed E-state index contributed by atoms with van der Waals surface area (Å²) in [5.74, 6) is 0.742. The first-order valence-electron chi connectivity index (χ1n) is 6.57. The molecule has 2 rings (SSSR count). The molecule has 20 heavy (non-hydrogen) atoms. The van der Waals surface area contributed by atoms with Crippen LogP contribution < -0.4 is 5.32 Å². The summed E-state index contributed by atoms with van der Waals surface area (Å²) in [4.78, 5) is 20.1. The van der Waals surface area contributed by atoms with Crippen LogP contribution in [0.25, 0.3) is 0 Å². The van der Waals surface area contributed by atoms with Gasteiger partial charge in [0.1, 0.15) is 5.82 Å². The maximum absolute atomic E-state index is 12.0. The van der Waals surface area contributed by atoms with Crippen molar-refractivity contribution in [3.63, 3.8) is 0 Å². The van der Waals surface area contributed by atoms with E-state index in [1.807, 2.05) is 20.8 Å². The third-order valence-electron chi connectivity index (χ3n) is 3.23. The second-order valence-electron chi connectivity index (χ2n) is 5.02. The molecule has 0 bridgehead atoms. The molecule has 6 heteroatoms. The van der Waals surface area contributed by atoms with Crippen LogP contribution in [-0.4, -0.2) is 26.1 Å². The molecule has 1 unspecified atom stereocenters. The quantitative estimate of drug-likeness (QED) is 0.895. The van der Waals surface area contributed by atoms with Gasteiger partial charge in [-0.05, 0) is 32.3 Å². The largest absolute Gasteiger partial charge is 0.323 e. The predicted molar refractivity (Wildman–Crippen MR) is 76.5 cm³/mol. The Morgan fingerprint density at radius 3 is 2.50 bits per heavy atom. The molecule has 0 aliphatic rings. The molecule has 0 aliphatic carbocycles. The minimum Gasteiger partial charge on any atom is -0.323 e. The first-order valence-corrected chi connectivity index (χ1v) is 6.57. The van der Waals surface area contributed by atoms with E-state index in [0.29, 0.717) is 17.9 Å². The van der Waals surface area contributed by atoms with Crippen LogP contribution in [0.4, 0.5) is 5.69 Å². The van der Waals surface area contributed by atoms with Crippen LogP contribution in [0.15, 0.2) is 12.4 Å². The van der Waals surface area contributed by atoms with Gasteiger partial charge in [-0.2, -0.15) is 5.10 Å². The van der Waals surface area contributed by atoms with Gasteiger partial charge < -0.3 is 5.32 Å². The number of amides is 1. The molecule has 0 fully saturated rings. The number of H-pyrrole nitrogens is 1. The lowest BCUT2D eigenvalue weighted by Gasteiger charge is -2.12. The lowest BCUT2D eigenvalue weighted by molar-refractivity contribution is -0.116. The third-order valence-corrected chi connectivity index (χ3v) is 3.23.